The third-order valence-electron chi connectivity index (χ3n) is 3.69. The molecule has 0 spiro atoms. The van der Waals surface area contributed by atoms with Crippen LogP contribution in [-0.4, -0.2) is 48.3 Å². The Morgan fingerprint density at radius 2 is 2.00 bits per heavy atom. The first-order valence-corrected chi connectivity index (χ1v) is 11.5. The predicted molar refractivity (Wildman–Crippen MR) is 105 cm³/mol. The maximum absolute atomic E-state index is 13.9. The molecule has 1 heterocycles. The molecule has 0 aliphatic heterocycles. The Kier molecular flexibility index (Phi) is 6.71. The number of hydrogen-bond acceptors (Lipinski definition) is 4. The van der Waals surface area contributed by atoms with Crippen molar-refractivity contribution in [2.45, 2.75) is 13.7 Å². The number of rotatable bonds is 7. The molecule has 0 saturated heterocycles. The number of benzene rings is 1. The van der Waals surface area contributed by atoms with Crippen LogP contribution in [0.5, 0.6) is 0 Å². The molecule has 1 aromatic heterocycles. The second-order valence-electron chi connectivity index (χ2n) is 6.68. The number of carbonyl (C=O) groups is 1. The van der Waals surface area contributed by atoms with Gasteiger partial charge in [0.25, 0.3) is 0 Å². The summed E-state index contributed by atoms with van der Waals surface area (Å²) >= 11 is 5.81. The minimum Gasteiger partial charge on any atom is -0.462 e. The van der Waals surface area contributed by atoms with E-state index in [0.29, 0.717) is 12.1 Å². The van der Waals surface area contributed by atoms with Crippen molar-refractivity contribution in [3.05, 3.63) is 45.0 Å². The van der Waals surface area contributed by atoms with Crippen LogP contribution in [0.25, 0.3) is 10.9 Å². The second-order valence-corrected chi connectivity index (χ2v) is 11.7. The van der Waals surface area contributed by atoms with Gasteiger partial charge in [-0.1, -0.05) is 11.6 Å². The fourth-order valence-corrected chi connectivity index (χ4v) is 3.10. The number of halogens is 2. The molecule has 26 heavy (non-hydrogen) atoms. The highest BCUT2D eigenvalue weighted by atomic mass is 35.5. The van der Waals surface area contributed by atoms with E-state index >= 15 is 0 Å². The van der Waals surface area contributed by atoms with Crippen molar-refractivity contribution < 1.29 is 18.7 Å². The Balaban J connectivity index is 2.45. The zero-order chi connectivity index (χ0) is 19.5. The topological polar surface area (TPSA) is 57.5 Å². The van der Waals surface area contributed by atoms with Gasteiger partial charge >= 0.3 is 5.97 Å². The lowest BCUT2D eigenvalue weighted by Crippen LogP contribution is -2.22. The molecule has 2 rings (SSSR count). The molecular weight excluding hydrogens is 381 g/mol. The predicted octanol–water partition coefficient (Wildman–Crippen LogP) is 3.64. The smallest absolute Gasteiger partial charge is 0.343 e. The monoisotopic (exact) mass is 403 g/mol. The van der Waals surface area contributed by atoms with E-state index in [1.54, 1.807) is 6.92 Å². The highest BCUT2D eigenvalue weighted by Gasteiger charge is 2.18. The highest BCUT2D eigenvalue weighted by molar-refractivity contribution is 8.32. The van der Waals surface area contributed by atoms with E-state index in [9.17, 15) is 14.0 Å². The Morgan fingerprint density at radius 3 is 2.62 bits per heavy atom. The fourth-order valence-electron chi connectivity index (χ4n) is 2.32. The zero-order valence-electron chi connectivity index (χ0n) is 15.3. The van der Waals surface area contributed by atoms with Gasteiger partial charge < -0.3 is 14.0 Å². The summed E-state index contributed by atoms with van der Waals surface area (Å²) < 4.78 is 26.1. The normalized spacial score (nSPS) is 12.4. The van der Waals surface area contributed by atoms with E-state index in [-0.39, 0.29) is 29.3 Å². The van der Waals surface area contributed by atoms with Crippen LogP contribution < -0.4 is 5.43 Å². The van der Waals surface area contributed by atoms with E-state index in [4.69, 9.17) is 21.1 Å². The minimum atomic E-state index is -0.729. The summed E-state index contributed by atoms with van der Waals surface area (Å²) in [7, 11) is -0.705. The Hall–Kier alpha value is -1.57. The van der Waals surface area contributed by atoms with Crippen LogP contribution in [-0.2, 0) is 16.2 Å². The third kappa shape index (κ3) is 4.99. The minimum absolute atomic E-state index is 0.0831. The molecule has 2 aromatic rings. The number of nitrogens with zero attached hydrogens (tertiary/aromatic N) is 1. The number of hydrogen-bond donors (Lipinski definition) is 0. The van der Waals surface area contributed by atoms with Crippen molar-refractivity contribution in [3.63, 3.8) is 0 Å². The molecule has 8 heteroatoms. The van der Waals surface area contributed by atoms with Crippen molar-refractivity contribution >= 4 is 38.5 Å². The van der Waals surface area contributed by atoms with Gasteiger partial charge in [0.1, 0.15) is 18.1 Å². The first-order chi connectivity index (χ1) is 12.1. The number of ether oxygens (including phenoxy) is 2. The largest absolute Gasteiger partial charge is 0.462 e. The number of carbonyl (C=O) groups excluding carboxylic acids is 1. The van der Waals surface area contributed by atoms with Crippen molar-refractivity contribution in [3.8, 4) is 0 Å². The van der Waals surface area contributed by atoms with Gasteiger partial charge in [0.15, 0.2) is 0 Å². The molecule has 0 atom stereocenters. The van der Waals surface area contributed by atoms with E-state index in [2.05, 4.69) is 18.8 Å². The van der Waals surface area contributed by atoms with Gasteiger partial charge in [-0.2, -0.15) is 0 Å². The number of esters is 1. The molecule has 0 fully saturated rings. The molecule has 0 aliphatic rings. The molecule has 0 saturated carbocycles. The van der Waals surface area contributed by atoms with Crippen LogP contribution >= 0.6 is 21.6 Å². The van der Waals surface area contributed by atoms with Crippen molar-refractivity contribution in [2.24, 2.45) is 0 Å². The Bertz CT molecular complexity index is 876. The summed E-state index contributed by atoms with van der Waals surface area (Å²) in [5.74, 6) is -0.459. The average molecular weight is 404 g/mol. The molecule has 0 unspecified atom stereocenters. The summed E-state index contributed by atoms with van der Waals surface area (Å²) in [6, 6.07) is 2.40. The molecular formula is C18H23ClFNO4S. The first-order valence-electron chi connectivity index (χ1n) is 8.07. The molecule has 0 amide bonds. The second kappa shape index (κ2) is 8.41. The molecule has 144 valence electrons. The third-order valence-corrected chi connectivity index (χ3v) is 5.37. The maximum atomic E-state index is 13.9. The molecule has 1 aromatic carbocycles. The van der Waals surface area contributed by atoms with E-state index in [1.165, 1.54) is 22.9 Å². The van der Waals surface area contributed by atoms with Gasteiger partial charge in [0, 0.05) is 17.3 Å². The van der Waals surface area contributed by atoms with Crippen molar-refractivity contribution in [1.82, 2.24) is 4.57 Å². The highest BCUT2D eigenvalue weighted by Crippen LogP contribution is 2.33. The maximum Gasteiger partial charge on any atom is 0.343 e. The molecule has 0 N–H and O–H groups in total. The quantitative estimate of drug-likeness (QED) is 0.523. The number of fused-ring (bicyclic) bond motifs is 1. The van der Waals surface area contributed by atoms with Crippen LogP contribution in [0.15, 0.2) is 23.1 Å². The summed E-state index contributed by atoms with van der Waals surface area (Å²) in [6.07, 6.45) is 7.89. The fraction of sp³-hybridized carbons (Fsp3) is 0.444. The van der Waals surface area contributed by atoms with Crippen LogP contribution in [0.3, 0.4) is 0 Å². The zero-order valence-corrected chi connectivity index (χ0v) is 16.9. The Morgan fingerprint density at radius 1 is 1.31 bits per heavy atom. The van der Waals surface area contributed by atoms with Crippen molar-refractivity contribution in [2.75, 3.05) is 37.7 Å². The van der Waals surface area contributed by atoms with Gasteiger partial charge in [-0.3, -0.25) is 4.79 Å². The first kappa shape index (κ1) is 20.7. The summed E-state index contributed by atoms with van der Waals surface area (Å²) in [5, 5.41) is -0.0357. The van der Waals surface area contributed by atoms with Gasteiger partial charge in [0.2, 0.25) is 5.43 Å². The lowest BCUT2D eigenvalue weighted by Gasteiger charge is -2.24. The average Bonchev–Trinajstić information content (AvgIpc) is 2.54. The lowest BCUT2D eigenvalue weighted by molar-refractivity contribution is 0.0521. The molecule has 0 aliphatic carbocycles. The van der Waals surface area contributed by atoms with Crippen LogP contribution in [0.2, 0.25) is 5.02 Å². The number of pyridine rings is 1. The van der Waals surface area contributed by atoms with Gasteiger partial charge in [-0.05, 0) is 37.8 Å². The van der Waals surface area contributed by atoms with Gasteiger partial charge in [0.05, 0.1) is 23.8 Å². The van der Waals surface area contributed by atoms with Gasteiger partial charge in [-0.15, -0.1) is 0 Å². The van der Waals surface area contributed by atoms with E-state index < -0.39 is 27.2 Å². The summed E-state index contributed by atoms with van der Waals surface area (Å²) in [4.78, 5) is 24.7. The SMILES string of the molecule is CCOC(=O)c1cn(COCCS(C)(C)C)c2cc(F)c(Cl)cc2c1=O. The van der Waals surface area contributed by atoms with Gasteiger partial charge in [-0.25, -0.2) is 19.2 Å². The van der Waals surface area contributed by atoms with Crippen molar-refractivity contribution in [1.29, 1.82) is 0 Å². The molecule has 0 radical (unpaired) electrons. The standard InChI is InChI=1S/C18H23ClFNO4S/c1-5-25-18(23)13-10-21(11-24-6-7-26(2,3)4)16-9-15(20)14(19)8-12(16)17(13)22/h8-10H,5-7,11H2,1-4H3. The van der Waals surface area contributed by atoms with Crippen LogP contribution in [0.4, 0.5) is 4.39 Å². The van der Waals surface area contributed by atoms with E-state index in [0.717, 1.165) is 5.75 Å². The van der Waals surface area contributed by atoms with E-state index in [1.807, 2.05) is 0 Å². The van der Waals surface area contributed by atoms with Crippen LogP contribution in [0, 0.1) is 5.82 Å². The van der Waals surface area contributed by atoms with Crippen LogP contribution in [0.1, 0.15) is 17.3 Å². The summed E-state index contributed by atoms with van der Waals surface area (Å²) in [5.41, 5.74) is -0.365. The molecule has 5 nitrogen and oxygen atoms in total. The number of aromatic nitrogens is 1. The lowest BCUT2D eigenvalue weighted by atomic mass is 10.1. The summed E-state index contributed by atoms with van der Waals surface area (Å²) in [6.45, 7) is 2.41. The Labute approximate surface area is 158 Å². The molecule has 0 bridgehead atoms.